The van der Waals surface area contributed by atoms with E-state index in [9.17, 15) is 4.79 Å². The molecule has 1 aromatic rings. The smallest absolute Gasteiger partial charge is 0.309 e. The maximum absolute atomic E-state index is 11.2. The van der Waals surface area contributed by atoms with E-state index in [1.54, 1.807) is 26.0 Å². The molecule has 112 valence electrons. The van der Waals surface area contributed by atoms with E-state index in [1.807, 2.05) is 0 Å². The molecular weight excluding hydrogens is 282 g/mol. The largest absolute Gasteiger partial charge is 0.495 e. The number of ether oxygens (including phenoxy) is 2. The van der Waals surface area contributed by atoms with Crippen molar-refractivity contribution in [2.24, 2.45) is 11.1 Å². The van der Waals surface area contributed by atoms with Crippen molar-refractivity contribution in [2.75, 3.05) is 14.2 Å². The van der Waals surface area contributed by atoms with Crippen LogP contribution in [0.4, 0.5) is 0 Å². The van der Waals surface area contributed by atoms with E-state index >= 15 is 0 Å². The maximum Gasteiger partial charge on any atom is 0.309 e. The fourth-order valence-corrected chi connectivity index (χ4v) is 2.28. The van der Waals surface area contributed by atoms with Gasteiger partial charge in [-0.25, -0.2) is 0 Å². The molecule has 0 amide bonds. The molecule has 0 radical (unpaired) electrons. The lowest BCUT2D eigenvalue weighted by Gasteiger charge is -2.25. The first-order valence-electron chi connectivity index (χ1n) is 6.14. The Kier molecular flexibility index (Phi) is 5.25. The molecule has 0 spiro atoms. The lowest BCUT2D eigenvalue weighted by molar-refractivity contribution is -0.147. The van der Waals surface area contributed by atoms with E-state index in [-0.39, 0.29) is 6.42 Å². The van der Waals surface area contributed by atoms with Crippen molar-refractivity contribution in [3.8, 4) is 11.5 Å². The molecular formula is C14H20ClNO4. The summed E-state index contributed by atoms with van der Waals surface area (Å²) >= 11 is 6.17. The Labute approximate surface area is 123 Å². The van der Waals surface area contributed by atoms with Gasteiger partial charge >= 0.3 is 5.97 Å². The van der Waals surface area contributed by atoms with Gasteiger partial charge in [0.25, 0.3) is 0 Å². The number of nitrogens with two attached hydrogens (primary N) is 1. The van der Waals surface area contributed by atoms with Crippen LogP contribution in [-0.4, -0.2) is 25.3 Å². The van der Waals surface area contributed by atoms with Gasteiger partial charge < -0.3 is 20.3 Å². The van der Waals surface area contributed by atoms with Gasteiger partial charge in [0.15, 0.2) is 0 Å². The summed E-state index contributed by atoms with van der Waals surface area (Å²) in [5.41, 5.74) is 5.84. The standard InChI is InChI=1S/C14H20ClNO4/c1-14(2,13(17)18)7-9(16)8-5-6-10(19-3)11(15)12(8)20-4/h5-6,9H,7,16H2,1-4H3,(H,17,18). The second-order valence-corrected chi connectivity index (χ2v) is 5.58. The van der Waals surface area contributed by atoms with Crippen molar-refractivity contribution in [3.63, 3.8) is 0 Å². The molecule has 20 heavy (non-hydrogen) atoms. The molecule has 1 atom stereocenters. The average molecular weight is 302 g/mol. The molecule has 0 heterocycles. The summed E-state index contributed by atoms with van der Waals surface area (Å²) in [4.78, 5) is 11.2. The number of carboxylic acid groups (broad SMARTS) is 1. The van der Waals surface area contributed by atoms with Gasteiger partial charge in [-0.15, -0.1) is 0 Å². The van der Waals surface area contributed by atoms with Crippen LogP contribution in [0.15, 0.2) is 12.1 Å². The predicted octanol–water partition coefficient (Wildman–Crippen LogP) is 2.86. The Morgan fingerprint density at radius 1 is 1.40 bits per heavy atom. The molecule has 3 N–H and O–H groups in total. The Bertz CT molecular complexity index is 502. The van der Waals surface area contributed by atoms with Gasteiger partial charge in [0.2, 0.25) is 0 Å². The van der Waals surface area contributed by atoms with Crippen LogP contribution in [0.25, 0.3) is 0 Å². The van der Waals surface area contributed by atoms with Crippen LogP contribution in [-0.2, 0) is 4.79 Å². The Morgan fingerprint density at radius 2 is 2.00 bits per heavy atom. The normalized spacial score (nSPS) is 12.9. The lowest BCUT2D eigenvalue weighted by atomic mass is 9.83. The Morgan fingerprint density at radius 3 is 2.45 bits per heavy atom. The van der Waals surface area contributed by atoms with Crippen molar-refractivity contribution in [3.05, 3.63) is 22.7 Å². The summed E-state index contributed by atoms with van der Waals surface area (Å²) in [6.45, 7) is 3.26. The first-order chi connectivity index (χ1) is 9.24. The molecule has 0 aliphatic rings. The molecule has 0 saturated heterocycles. The number of benzene rings is 1. The van der Waals surface area contributed by atoms with Crippen molar-refractivity contribution in [1.29, 1.82) is 0 Å². The molecule has 0 fully saturated rings. The fourth-order valence-electron chi connectivity index (χ4n) is 1.96. The second-order valence-electron chi connectivity index (χ2n) is 5.20. The Hall–Kier alpha value is -1.46. The zero-order valence-electron chi connectivity index (χ0n) is 12.1. The van der Waals surface area contributed by atoms with Crippen molar-refractivity contribution in [1.82, 2.24) is 0 Å². The van der Waals surface area contributed by atoms with Crippen LogP contribution < -0.4 is 15.2 Å². The summed E-state index contributed by atoms with van der Waals surface area (Å²) in [5.74, 6) is 0.00296. The molecule has 6 heteroatoms. The van der Waals surface area contributed by atoms with Gasteiger partial charge in [0.1, 0.15) is 16.5 Å². The average Bonchev–Trinajstić information content (AvgIpc) is 2.37. The van der Waals surface area contributed by atoms with E-state index in [0.717, 1.165) is 0 Å². The van der Waals surface area contributed by atoms with Crippen LogP contribution >= 0.6 is 11.6 Å². The topological polar surface area (TPSA) is 81.8 Å². The molecule has 5 nitrogen and oxygen atoms in total. The van der Waals surface area contributed by atoms with Gasteiger partial charge in [-0.1, -0.05) is 11.6 Å². The summed E-state index contributed by atoms with van der Waals surface area (Å²) in [6, 6.07) is 2.93. The fraction of sp³-hybridized carbons (Fsp3) is 0.500. The first kappa shape index (κ1) is 16.6. The van der Waals surface area contributed by atoms with Crippen molar-refractivity contribution in [2.45, 2.75) is 26.3 Å². The molecule has 1 aromatic carbocycles. The number of halogens is 1. The number of rotatable bonds is 6. The lowest BCUT2D eigenvalue weighted by Crippen LogP contribution is -2.29. The van der Waals surface area contributed by atoms with Gasteiger partial charge in [-0.2, -0.15) is 0 Å². The van der Waals surface area contributed by atoms with E-state index in [1.165, 1.54) is 14.2 Å². The van der Waals surface area contributed by atoms with Crippen molar-refractivity contribution < 1.29 is 19.4 Å². The van der Waals surface area contributed by atoms with E-state index < -0.39 is 17.4 Å². The van der Waals surface area contributed by atoms with Gasteiger partial charge in [-0.05, 0) is 32.4 Å². The summed E-state index contributed by atoms with van der Waals surface area (Å²) in [5, 5.41) is 9.50. The minimum Gasteiger partial charge on any atom is -0.495 e. The van der Waals surface area contributed by atoms with Gasteiger partial charge in [0.05, 0.1) is 19.6 Å². The molecule has 0 aliphatic heterocycles. The first-order valence-corrected chi connectivity index (χ1v) is 6.51. The number of carboxylic acids is 1. The highest BCUT2D eigenvalue weighted by Crippen LogP contribution is 2.41. The minimum atomic E-state index is -0.934. The third-order valence-corrected chi connectivity index (χ3v) is 3.58. The SMILES string of the molecule is COc1ccc(C(N)CC(C)(C)C(=O)O)c(OC)c1Cl. The number of hydrogen-bond acceptors (Lipinski definition) is 4. The summed E-state index contributed by atoms with van der Waals surface area (Å²) in [7, 11) is 2.99. The number of hydrogen-bond donors (Lipinski definition) is 2. The van der Waals surface area contributed by atoms with Crippen LogP contribution in [0.5, 0.6) is 11.5 Å². The third kappa shape index (κ3) is 3.35. The van der Waals surface area contributed by atoms with Gasteiger partial charge in [-0.3, -0.25) is 4.79 Å². The molecule has 0 saturated carbocycles. The summed E-state index contributed by atoms with van der Waals surface area (Å²) in [6.07, 6.45) is 0.265. The molecule has 0 bridgehead atoms. The quantitative estimate of drug-likeness (QED) is 0.844. The highest BCUT2D eigenvalue weighted by Gasteiger charge is 2.31. The molecule has 1 unspecified atom stereocenters. The van der Waals surface area contributed by atoms with E-state index in [2.05, 4.69) is 0 Å². The Balaban J connectivity index is 3.14. The number of methoxy groups -OCH3 is 2. The van der Waals surface area contributed by atoms with Crippen molar-refractivity contribution >= 4 is 17.6 Å². The predicted molar refractivity (Wildman–Crippen MR) is 77.5 cm³/mol. The number of aliphatic carboxylic acids is 1. The van der Waals surface area contributed by atoms with Crippen LogP contribution in [0, 0.1) is 5.41 Å². The summed E-state index contributed by atoms with van der Waals surface area (Å²) < 4.78 is 10.4. The maximum atomic E-state index is 11.2. The second kappa shape index (κ2) is 6.33. The third-order valence-electron chi connectivity index (χ3n) is 3.22. The molecule has 0 aliphatic carbocycles. The zero-order chi connectivity index (χ0) is 15.5. The number of carbonyl (C=O) groups is 1. The zero-order valence-corrected chi connectivity index (χ0v) is 12.8. The molecule has 0 aromatic heterocycles. The monoisotopic (exact) mass is 301 g/mol. The van der Waals surface area contributed by atoms with E-state index in [4.69, 9.17) is 31.9 Å². The molecule has 1 rings (SSSR count). The van der Waals surface area contributed by atoms with Crippen LogP contribution in [0.2, 0.25) is 5.02 Å². The van der Waals surface area contributed by atoms with Crippen LogP contribution in [0.3, 0.4) is 0 Å². The van der Waals surface area contributed by atoms with E-state index in [0.29, 0.717) is 22.1 Å². The minimum absolute atomic E-state index is 0.265. The highest BCUT2D eigenvalue weighted by molar-refractivity contribution is 6.33. The van der Waals surface area contributed by atoms with Gasteiger partial charge in [0, 0.05) is 11.6 Å². The van der Waals surface area contributed by atoms with Crippen LogP contribution in [0.1, 0.15) is 31.9 Å². The highest BCUT2D eigenvalue weighted by atomic mass is 35.5.